The molecule has 0 aliphatic rings. The van der Waals surface area contributed by atoms with Crippen molar-refractivity contribution in [3.8, 4) is 0 Å². The molecule has 0 aliphatic carbocycles. The van der Waals surface area contributed by atoms with Crippen molar-refractivity contribution in [3.05, 3.63) is 48.0 Å². The molecule has 1 unspecified atom stereocenters. The lowest BCUT2D eigenvalue weighted by molar-refractivity contribution is 0.601. The van der Waals surface area contributed by atoms with Crippen molar-refractivity contribution in [1.29, 1.82) is 0 Å². The highest BCUT2D eigenvalue weighted by Crippen LogP contribution is 2.16. The van der Waals surface area contributed by atoms with Gasteiger partial charge in [-0.05, 0) is 29.2 Å². The van der Waals surface area contributed by atoms with Crippen molar-refractivity contribution in [2.24, 2.45) is 5.73 Å². The Morgan fingerprint density at radius 2 is 1.76 bits per heavy atom. The maximum atomic E-state index is 6.06. The van der Waals surface area contributed by atoms with E-state index in [9.17, 15) is 0 Å². The molecule has 92 valence electrons. The van der Waals surface area contributed by atoms with Crippen LogP contribution >= 0.6 is 12.4 Å². The SMILES string of the molecule is CCCC(N)Cc1ccc2ccccc2c1.Cl. The standard InChI is InChI=1S/C15H19N.ClH/c1-2-5-15(16)11-12-8-9-13-6-3-4-7-14(13)10-12;/h3-4,6-10,15H,2,5,11,16H2,1H3;1H. The first kappa shape index (κ1) is 14.0. The molecule has 2 rings (SSSR count). The molecule has 0 bridgehead atoms. The molecule has 0 fully saturated rings. The van der Waals surface area contributed by atoms with E-state index in [1.165, 1.54) is 16.3 Å². The summed E-state index contributed by atoms with van der Waals surface area (Å²) in [7, 11) is 0. The Labute approximate surface area is 109 Å². The number of halogens is 1. The molecular weight excluding hydrogens is 230 g/mol. The predicted octanol–water partition coefficient (Wildman–Crippen LogP) is 3.93. The maximum absolute atomic E-state index is 6.06. The first-order valence-corrected chi connectivity index (χ1v) is 6.03. The molecule has 0 saturated carbocycles. The van der Waals surface area contributed by atoms with Gasteiger partial charge in [-0.15, -0.1) is 12.4 Å². The van der Waals surface area contributed by atoms with Gasteiger partial charge >= 0.3 is 0 Å². The number of rotatable bonds is 4. The predicted molar refractivity (Wildman–Crippen MR) is 77.8 cm³/mol. The quantitative estimate of drug-likeness (QED) is 0.873. The summed E-state index contributed by atoms with van der Waals surface area (Å²) in [6.45, 7) is 2.18. The zero-order valence-corrected chi connectivity index (χ0v) is 11.0. The zero-order valence-electron chi connectivity index (χ0n) is 10.2. The van der Waals surface area contributed by atoms with Crippen molar-refractivity contribution >= 4 is 23.2 Å². The third kappa shape index (κ3) is 3.72. The van der Waals surface area contributed by atoms with Gasteiger partial charge < -0.3 is 5.73 Å². The molecule has 0 aromatic heterocycles. The lowest BCUT2D eigenvalue weighted by atomic mass is 10.00. The summed E-state index contributed by atoms with van der Waals surface area (Å²) in [6.07, 6.45) is 3.25. The molecule has 2 heteroatoms. The molecular formula is C15H20ClN. The minimum atomic E-state index is 0. The first-order valence-electron chi connectivity index (χ1n) is 6.03. The Morgan fingerprint density at radius 3 is 2.47 bits per heavy atom. The fourth-order valence-corrected chi connectivity index (χ4v) is 2.14. The number of nitrogens with two attached hydrogens (primary N) is 1. The summed E-state index contributed by atoms with van der Waals surface area (Å²) < 4.78 is 0. The normalized spacial score (nSPS) is 12.1. The Kier molecular flexibility index (Phi) is 5.46. The fourth-order valence-electron chi connectivity index (χ4n) is 2.14. The molecule has 0 heterocycles. The molecule has 0 amide bonds. The van der Waals surface area contributed by atoms with Crippen molar-refractivity contribution in [3.63, 3.8) is 0 Å². The second kappa shape index (κ2) is 6.63. The number of hydrogen-bond donors (Lipinski definition) is 1. The third-order valence-electron chi connectivity index (χ3n) is 2.97. The van der Waals surface area contributed by atoms with E-state index in [1.54, 1.807) is 0 Å². The van der Waals surface area contributed by atoms with Crippen LogP contribution in [0.2, 0.25) is 0 Å². The van der Waals surface area contributed by atoms with Crippen molar-refractivity contribution in [2.75, 3.05) is 0 Å². The van der Waals surface area contributed by atoms with Gasteiger partial charge in [0.05, 0.1) is 0 Å². The van der Waals surface area contributed by atoms with Crippen molar-refractivity contribution in [1.82, 2.24) is 0 Å². The van der Waals surface area contributed by atoms with E-state index in [2.05, 4.69) is 49.4 Å². The average Bonchev–Trinajstić information content (AvgIpc) is 2.29. The molecule has 17 heavy (non-hydrogen) atoms. The van der Waals surface area contributed by atoms with E-state index in [0.29, 0.717) is 6.04 Å². The van der Waals surface area contributed by atoms with Gasteiger partial charge in [0.25, 0.3) is 0 Å². The molecule has 0 spiro atoms. The molecule has 0 saturated heterocycles. The fraction of sp³-hybridized carbons (Fsp3) is 0.333. The summed E-state index contributed by atoms with van der Waals surface area (Å²) in [6, 6.07) is 15.4. The van der Waals surface area contributed by atoms with E-state index < -0.39 is 0 Å². The van der Waals surface area contributed by atoms with Crippen LogP contribution in [0, 0.1) is 0 Å². The highest BCUT2D eigenvalue weighted by molar-refractivity contribution is 5.85. The smallest absolute Gasteiger partial charge is 0.00792 e. The summed E-state index contributed by atoms with van der Waals surface area (Å²) in [5.74, 6) is 0. The van der Waals surface area contributed by atoms with Crippen LogP contribution in [0.4, 0.5) is 0 Å². The van der Waals surface area contributed by atoms with Gasteiger partial charge in [-0.3, -0.25) is 0 Å². The Balaban J connectivity index is 0.00000144. The van der Waals surface area contributed by atoms with Gasteiger partial charge in [0.1, 0.15) is 0 Å². The van der Waals surface area contributed by atoms with Gasteiger partial charge in [-0.25, -0.2) is 0 Å². The molecule has 1 nitrogen and oxygen atoms in total. The lowest BCUT2D eigenvalue weighted by Gasteiger charge is -2.10. The van der Waals surface area contributed by atoms with Crippen molar-refractivity contribution in [2.45, 2.75) is 32.2 Å². The van der Waals surface area contributed by atoms with Crippen LogP contribution in [0.15, 0.2) is 42.5 Å². The van der Waals surface area contributed by atoms with Gasteiger partial charge in [-0.1, -0.05) is 55.8 Å². The van der Waals surface area contributed by atoms with Gasteiger partial charge in [-0.2, -0.15) is 0 Å². The van der Waals surface area contributed by atoms with Gasteiger partial charge in [0.2, 0.25) is 0 Å². The first-order chi connectivity index (χ1) is 7.79. The Morgan fingerprint density at radius 1 is 1.06 bits per heavy atom. The summed E-state index contributed by atoms with van der Waals surface area (Å²) >= 11 is 0. The molecule has 1 atom stereocenters. The highest BCUT2D eigenvalue weighted by atomic mass is 35.5. The van der Waals surface area contributed by atoms with E-state index in [1.807, 2.05) is 0 Å². The number of benzene rings is 2. The topological polar surface area (TPSA) is 26.0 Å². The van der Waals surface area contributed by atoms with Crippen LogP contribution in [0.25, 0.3) is 10.8 Å². The highest BCUT2D eigenvalue weighted by Gasteiger charge is 2.03. The van der Waals surface area contributed by atoms with Gasteiger partial charge in [0.15, 0.2) is 0 Å². The third-order valence-corrected chi connectivity index (χ3v) is 2.97. The largest absolute Gasteiger partial charge is 0.327 e. The summed E-state index contributed by atoms with van der Waals surface area (Å²) in [5.41, 5.74) is 7.41. The van der Waals surface area contributed by atoms with Crippen LogP contribution in [0.3, 0.4) is 0 Å². The van der Waals surface area contributed by atoms with E-state index in [-0.39, 0.29) is 12.4 Å². The second-order valence-electron chi connectivity index (χ2n) is 4.43. The minimum Gasteiger partial charge on any atom is -0.327 e. The van der Waals surface area contributed by atoms with Crippen LogP contribution in [-0.4, -0.2) is 6.04 Å². The van der Waals surface area contributed by atoms with Gasteiger partial charge in [0, 0.05) is 6.04 Å². The molecule has 0 radical (unpaired) electrons. The van der Waals surface area contributed by atoms with Crippen molar-refractivity contribution < 1.29 is 0 Å². The monoisotopic (exact) mass is 249 g/mol. The van der Waals surface area contributed by atoms with E-state index in [0.717, 1.165) is 19.3 Å². The van der Waals surface area contributed by atoms with Crippen LogP contribution in [-0.2, 0) is 6.42 Å². The molecule has 2 aromatic carbocycles. The van der Waals surface area contributed by atoms with Crippen LogP contribution in [0.5, 0.6) is 0 Å². The molecule has 2 N–H and O–H groups in total. The number of hydrogen-bond acceptors (Lipinski definition) is 1. The second-order valence-corrected chi connectivity index (χ2v) is 4.43. The minimum absolute atomic E-state index is 0. The average molecular weight is 250 g/mol. The van der Waals surface area contributed by atoms with E-state index in [4.69, 9.17) is 5.73 Å². The molecule has 2 aromatic rings. The summed E-state index contributed by atoms with van der Waals surface area (Å²) in [4.78, 5) is 0. The molecule has 0 aliphatic heterocycles. The number of fused-ring (bicyclic) bond motifs is 1. The maximum Gasteiger partial charge on any atom is 0.00792 e. The Bertz CT molecular complexity index is 467. The van der Waals surface area contributed by atoms with E-state index >= 15 is 0 Å². The van der Waals surface area contributed by atoms with Crippen LogP contribution in [0.1, 0.15) is 25.3 Å². The summed E-state index contributed by atoms with van der Waals surface area (Å²) in [5, 5.41) is 2.61. The zero-order chi connectivity index (χ0) is 11.4. The van der Waals surface area contributed by atoms with Crippen LogP contribution < -0.4 is 5.73 Å². The lowest BCUT2D eigenvalue weighted by Crippen LogP contribution is -2.22. The Hall–Kier alpha value is -1.05.